The molecule has 1 aliphatic heterocycles. The van der Waals surface area contributed by atoms with E-state index in [1.54, 1.807) is 12.4 Å². The third-order valence-corrected chi connectivity index (χ3v) is 5.26. The molecule has 7 heteroatoms. The maximum Gasteiger partial charge on any atom is 0.225 e. The number of anilines is 1. The molecule has 168 valence electrons. The second-order valence-corrected chi connectivity index (χ2v) is 7.43. The van der Waals surface area contributed by atoms with E-state index < -0.39 is 0 Å². The number of piperidine rings is 1. The first-order valence-corrected chi connectivity index (χ1v) is 11.1. The number of nitrogens with zero attached hydrogens (tertiary/aromatic N) is 2. The van der Waals surface area contributed by atoms with Crippen LogP contribution in [0.3, 0.4) is 0 Å². The Hall–Kier alpha value is -2.96. The number of amides is 1. The van der Waals surface area contributed by atoms with Gasteiger partial charge in [-0.3, -0.25) is 9.78 Å². The van der Waals surface area contributed by atoms with Crippen molar-refractivity contribution in [1.29, 1.82) is 0 Å². The standard InChI is InChI=1S/C24H33N3O4/c1-4-29-21-14-18(15-22(30-5-2)23(21)31-6-3)16-26-24(28)19-8-7-13-27(17-19)20-9-11-25-12-10-20/h9-12,14-15,19H,4-8,13,16-17H2,1-3H3,(H,26,28)/t19-/m1/s1. The van der Waals surface area contributed by atoms with E-state index in [1.807, 2.05) is 45.0 Å². The minimum atomic E-state index is -0.0395. The molecular weight excluding hydrogens is 394 g/mol. The second kappa shape index (κ2) is 11.4. The summed E-state index contributed by atoms with van der Waals surface area (Å²) in [7, 11) is 0. The van der Waals surface area contributed by atoms with Gasteiger partial charge in [0.1, 0.15) is 0 Å². The van der Waals surface area contributed by atoms with Crippen molar-refractivity contribution in [2.45, 2.75) is 40.2 Å². The lowest BCUT2D eigenvalue weighted by Gasteiger charge is -2.33. The Bertz CT molecular complexity index is 817. The molecular formula is C24H33N3O4. The van der Waals surface area contributed by atoms with Gasteiger partial charge in [-0.05, 0) is 63.4 Å². The fourth-order valence-electron chi connectivity index (χ4n) is 3.86. The van der Waals surface area contributed by atoms with Gasteiger partial charge in [0.25, 0.3) is 0 Å². The van der Waals surface area contributed by atoms with E-state index in [0.717, 1.165) is 30.6 Å². The summed E-state index contributed by atoms with van der Waals surface area (Å²) >= 11 is 0. The van der Waals surface area contributed by atoms with Crippen molar-refractivity contribution in [1.82, 2.24) is 10.3 Å². The zero-order valence-corrected chi connectivity index (χ0v) is 18.7. The SMILES string of the molecule is CCOc1cc(CNC(=O)[C@@H]2CCCN(c3ccncc3)C2)cc(OCC)c1OCC. The number of hydrogen-bond donors (Lipinski definition) is 1. The quantitative estimate of drug-likeness (QED) is 0.622. The normalized spacial score (nSPS) is 16.0. The number of rotatable bonds is 10. The number of carbonyl (C=O) groups excluding carboxylic acids is 1. The molecule has 0 radical (unpaired) electrons. The highest BCUT2D eigenvalue weighted by Gasteiger charge is 2.26. The summed E-state index contributed by atoms with van der Waals surface area (Å²) in [6.07, 6.45) is 5.46. The molecule has 31 heavy (non-hydrogen) atoms. The number of pyridine rings is 1. The molecule has 1 aromatic heterocycles. The Balaban J connectivity index is 1.67. The van der Waals surface area contributed by atoms with Crippen LogP contribution in [0.25, 0.3) is 0 Å². The van der Waals surface area contributed by atoms with Crippen LogP contribution in [0.5, 0.6) is 17.2 Å². The predicted molar refractivity (Wildman–Crippen MR) is 121 cm³/mol. The van der Waals surface area contributed by atoms with Gasteiger partial charge in [0.15, 0.2) is 11.5 Å². The summed E-state index contributed by atoms with van der Waals surface area (Å²) in [4.78, 5) is 19.2. The Morgan fingerprint density at radius 3 is 2.32 bits per heavy atom. The van der Waals surface area contributed by atoms with E-state index in [1.165, 1.54) is 0 Å². The molecule has 1 fully saturated rings. The lowest BCUT2D eigenvalue weighted by molar-refractivity contribution is -0.125. The fraction of sp³-hybridized carbons (Fsp3) is 0.500. The summed E-state index contributed by atoms with van der Waals surface area (Å²) in [5.41, 5.74) is 2.03. The van der Waals surface area contributed by atoms with Crippen LogP contribution in [0.15, 0.2) is 36.7 Å². The van der Waals surface area contributed by atoms with Gasteiger partial charge in [-0.15, -0.1) is 0 Å². The van der Waals surface area contributed by atoms with Crippen LogP contribution >= 0.6 is 0 Å². The van der Waals surface area contributed by atoms with Gasteiger partial charge in [-0.1, -0.05) is 0 Å². The minimum absolute atomic E-state index is 0.0395. The van der Waals surface area contributed by atoms with Crippen molar-refractivity contribution in [3.8, 4) is 17.2 Å². The van der Waals surface area contributed by atoms with Gasteiger partial charge in [0.2, 0.25) is 11.7 Å². The summed E-state index contributed by atoms with van der Waals surface area (Å²) in [5, 5.41) is 3.10. The van der Waals surface area contributed by atoms with Crippen molar-refractivity contribution in [2.24, 2.45) is 5.92 Å². The van der Waals surface area contributed by atoms with Crippen LogP contribution in [0.4, 0.5) is 5.69 Å². The van der Waals surface area contributed by atoms with Crippen LogP contribution in [0, 0.1) is 5.92 Å². The lowest BCUT2D eigenvalue weighted by atomic mass is 9.96. The third-order valence-electron chi connectivity index (χ3n) is 5.26. The molecule has 2 heterocycles. The number of ether oxygens (including phenoxy) is 3. The van der Waals surface area contributed by atoms with E-state index in [-0.39, 0.29) is 11.8 Å². The molecule has 1 atom stereocenters. The molecule has 1 saturated heterocycles. The number of carbonyl (C=O) groups is 1. The summed E-state index contributed by atoms with van der Waals surface area (Å²) in [6.45, 7) is 9.45. The summed E-state index contributed by atoms with van der Waals surface area (Å²) in [5.74, 6) is 1.93. The Kier molecular flexibility index (Phi) is 8.38. The van der Waals surface area contributed by atoms with E-state index in [2.05, 4.69) is 15.2 Å². The van der Waals surface area contributed by atoms with Gasteiger partial charge in [0, 0.05) is 37.7 Å². The predicted octanol–water partition coefficient (Wildman–Crippen LogP) is 3.81. The van der Waals surface area contributed by atoms with E-state index >= 15 is 0 Å². The molecule has 1 aliphatic rings. The molecule has 0 aliphatic carbocycles. The van der Waals surface area contributed by atoms with E-state index in [4.69, 9.17) is 14.2 Å². The Morgan fingerprint density at radius 1 is 1.06 bits per heavy atom. The Labute approximate surface area is 184 Å². The molecule has 0 bridgehead atoms. The lowest BCUT2D eigenvalue weighted by Crippen LogP contribution is -2.43. The van der Waals surface area contributed by atoms with Gasteiger partial charge in [-0.2, -0.15) is 0 Å². The molecule has 0 saturated carbocycles. The molecule has 1 amide bonds. The monoisotopic (exact) mass is 427 g/mol. The smallest absolute Gasteiger partial charge is 0.225 e. The molecule has 7 nitrogen and oxygen atoms in total. The first-order valence-electron chi connectivity index (χ1n) is 11.1. The summed E-state index contributed by atoms with van der Waals surface area (Å²) in [6, 6.07) is 7.82. The average Bonchev–Trinajstić information content (AvgIpc) is 2.80. The van der Waals surface area contributed by atoms with Crippen molar-refractivity contribution in [3.05, 3.63) is 42.2 Å². The van der Waals surface area contributed by atoms with Crippen molar-refractivity contribution in [2.75, 3.05) is 37.8 Å². The van der Waals surface area contributed by atoms with Crippen LogP contribution in [-0.4, -0.2) is 43.8 Å². The average molecular weight is 428 g/mol. The number of benzene rings is 1. The van der Waals surface area contributed by atoms with Gasteiger partial charge in [-0.25, -0.2) is 0 Å². The third kappa shape index (κ3) is 6.03. The zero-order chi connectivity index (χ0) is 22.1. The second-order valence-electron chi connectivity index (χ2n) is 7.43. The maximum atomic E-state index is 12.9. The minimum Gasteiger partial charge on any atom is -0.490 e. The Morgan fingerprint density at radius 2 is 1.71 bits per heavy atom. The van der Waals surface area contributed by atoms with Crippen molar-refractivity contribution < 1.29 is 19.0 Å². The molecule has 3 rings (SSSR count). The van der Waals surface area contributed by atoms with Gasteiger partial charge < -0.3 is 24.4 Å². The number of aromatic nitrogens is 1. The maximum absolute atomic E-state index is 12.9. The molecule has 0 unspecified atom stereocenters. The van der Waals surface area contributed by atoms with Crippen LogP contribution in [0.1, 0.15) is 39.2 Å². The molecule has 2 aromatic rings. The molecule has 0 spiro atoms. The highest BCUT2D eigenvalue weighted by molar-refractivity contribution is 5.79. The van der Waals surface area contributed by atoms with Crippen LogP contribution < -0.4 is 24.4 Å². The van der Waals surface area contributed by atoms with Gasteiger partial charge >= 0.3 is 0 Å². The zero-order valence-electron chi connectivity index (χ0n) is 18.7. The van der Waals surface area contributed by atoms with Crippen LogP contribution in [-0.2, 0) is 11.3 Å². The highest BCUT2D eigenvalue weighted by Crippen LogP contribution is 2.39. The highest BCUT2D eigenvalue weighted by atomic mass is 16.5. The fourth-order valence-corrected chi connectivity index (χ4v) is 3.86. The van der Waals surface area contributed by atoms with Crippen LogP contribution in [0.2, 0.25) is 0 Å². The number of hydrogen-bond acceptors (Lipinski definition) is 6. The van der Waals surface area contributed by atoms with Crippen molar-refractivity contribution in [3.63, 3.8) is 0 Å². The molecule has 1 aromatic carbocycles. The first-order chi connectivity index (χ1) is 15.2. The molecule has 1 N–H and O–H groups in total. The topological polar surface area (TPSA) is 72.9 Å². The summed E-state index contributed by atoms with van der Waals surface area (Å²) < 4.78 is 17.3. The van der Waals surface area contributed by atoms with Crippen molar-refractivity contribution >= 4 is 11.6 Å². The van der Waals surface area contributed by atoms with E-state index in [9.17, 15) is 4.79 Å². The first kappa shape index (κ1) is 22.7. The number of nitrogens with one attached hydrogen (secondary N) is 1. The van der Waals surface area contributed by atoms with E-state index in [0.29, 0.717) is 50.2 Å². The largest absolute Gasteiger partial charge is 0.490 e. The van der Waals surface area contributed by atoms with Gasteiger partial charge in [0.05, 0.1) is 25.7 Å².